The van der Waals surface area contributed by atoms with E-state index in [1.807, 2.05) is 19.9 Å². The molecule has 1 fully saturated rings. The molecular formula is C26H32N4O6. The van der Waals surface area contributed by atoms with Crippen molar-refractivity contribution in [2.24, 2.45) is 0 Å². The van der Waals surface area contributed by atoms with Crippen LogP contribution in [0.25, 0.3) is 0 Å². The van der Waals surface area contributed by atoms with Gasteiger partial charge in [0.05, 0.1) is 12.8 Å². The molecule has 10 nitrogen and oxygen atoms in total. The van der Waals surface area contributed by atoms with Gasteiger partial charge in [0.25, 0.3) is 11.8 Å². The van der Waals surface area contributed by atoms with Crippen molar-refractivity contribution in [2.45, 2.75) is 70.9 Å². The molecule has 36 heavy (non-hydrogen) atoms. The Labute approximate surface area is 209 Å². The minimum absolute atomic E-state index is 0.101. The first-order valence-electron chi connectivity index (χ1n) is 12.5. The Balaban J connectivity index is 1.14. The Bertz CT molecular complexity index is 1140. The Morgan fingerprint density at radius 3 is 2.81 bits per heavy atom. The zero-order chi connectivity index (χ0) is 25.7. The summed E-state index contributed by atoms with van der Waals surface area (Å²) in [6, 6.07) is 4.74. The van der Waals surface area contributed by atoms with E-state index in [9.17, 15) is 19.2 Å². The molecule has 0 radical (unpaired) electrons. The first-order chi connectivity index (χ1) is 17.3. The lowest BCUT2D eigenvalue weighted by molar-refractivity contribution is -0.136. The molecule has 0 bridgehead atoms. The number of nitrogens with zero attached hydrogens (tertiary/aromatic N) is 2. The van der Waals surface area contributed by atoms with E-state index >= 15 is 0 Å². The van der Waals surface area contributed by atoms with E-state index in [-0.39, 0.29) is 30.1 Å². The molecule has 0 spiro atoms. The van der Waals surface area contributed by atoms with Crippen molar-refractivity contribution in [3.05, 3.63) is 46.8 Å². The second-order valence-electron chi connectivity index (χ2n) is 9.50. The Hall–Kier alpha value is -3.69. The molecule has 1 aromatic heterocycles. The average Bonchev–Trinajstić information content (AvgIpc) is 3.46. The molecule has 0 saturated carbocycles. The summed E-state index contributed by atoms with van der Waals surface area (Å²) in [6.45, 7) is 5.38. The first-order valence-corrected chi connectivity index (χ1v) is 12.5. The first kappa shape index (κ1) is 25.4. The van der Waals surface area contributed by atoms with Gasteiger partial charge in [-0.3, -0.25) is 24.5 Å². The number of hydrogen-bond acceptors (Lipinski definition) is 7. The number of ether oxygens (including phenoxy) is 1. The van der Waals surface area contributed by atoms with Gasteiger partial charge in [-0.15, -0.1) is 0 Å². The third-order valence-corrected chi connectivity index (χ3v) is 6.49. The van der Waals surface area contributed by atoms with Crippen LogP contribution in [-0.4, -0.2) is 52.9 Å². The number of benzene rings is 1. The van der Waals surface area contributed by atoms with Crippen molar-refractivity contribution in [1.29, 1.82) is 0 Å². The highest BCUT2D eigenvalue weighted by atomic mass is 16.5. The number of amides is 4. The van der Waals surface area contributed by atoms with Crippen LogP contribution >= 0.6 is 0 Å². The van der Waals surface area contributed by atoms with Crippen LogP contribution in [0.4, 0.5) is 0 Å². The number of aromatic nitrogens is 1. The van der Waals surface area contributed by atoms with Crippen molar-refractivity contribution in [2.75, 3.05) is 13.2 Å². The summed E-state index contributed by atoms with van der Waals surface area (Å²) < 4.78 is 11.0. The predicted octanol–water partition coefficient (Wildman–Crippen LogP) is 2.93. The fraction of sp³-hybridized carbons (Fsp3) is 0.500. The molecule has 4 amide bonds. The molecule has 2 aliphatic heterocycles. The van der Waals surface area contributed by atoms with E-state index in [1.54, 1.807) is 12.1 Å². The van der Waals surface area contributed by atoms with Gasteiger partial charge in [-0.2, -0.15) is 0 Å². The van der Waals surface area contributed by atoms with Gasteiger partial charge >= 0.3 is 0 Å². The van der Waals surface area contributed by atoms with Gasteiger partial charge < -0.3 is 19.5 Å². The number of piperidine rings is 1. The van der Waals surface area contributed by atoms with Crippen molar-refractivity contribution in [1.82, 2.24) is 20.7 Å². The number of carbonyl (C=O) groups is 4. The Morgan fingerprint density at radius 2 is 2.03 bits per heavy atom. The summed E-state index contributed by atoms with van der Waals surface area (Å²) in [5.74, 6) is 0.328. The second-order valence-corrected chi connectivity index (χ2v) is 9.50. The van der Waals surface area contributed by atoms with Crippen molar-refractivity contribution < 1.29 is 28.4 Å². The van der Waals surface area contributed by atoms with Crippen LogP contribution in [0, 0.1) is 0 Å². The van der Waals surface area contributed by atoms with E-state index in [0.29, 0.717) is 48.8 Å². The molecule has 3 heterocycles. The lowest BCUT2D eigenvalue weighted by atomic mass is 10.0. The number of nitrogens with one attached hydrogen (secondary N) is 2. The van der Waals surface area contributed by atoms with Gasteiger partial charge in [-0.25, -0.2) is 0 Å². The van der Waals surface area contributed by atoms with Gasteiger partial charge in [0, 0.05) is 31.0 Å². The van der Waals surface area contributed by atoms with Crippen molar-refractivity contribution in [3.63, 3.8) is 0 Å². The van der Waals surface area contributed by atoms with Crippen LogP contribution in [-0.2, 0) is 16.1 Å². The summed E-state index contributed by atoms with van der Waals surface area (Å²) in [4.78, 5) is 50.1. The molecule has 4 rings (SSSR count). The highest BCUT2D eigenvalue weighted by Gasteiger charge is 2.39. The zero-order valence-corrected chi connectivity index (χ0v) is 20.7. The van der Waals surface area contributed by atoms with Crippen LogP contribution in [0.1, 0.15) is 90.3 Å². The lowest BCUT2D eigenvalue weighted by Gasteiger charge is -2.29. The normalized spacial score (nSPS) is 17.4. The largest absolute Gasteiger partial charge is 0.494 e. The van der Waals surface area contributed by atoms with Gasteiger partial charge in [0.15, 0.2) is 5.76 Å². The van der Waals surface area contributed by atoms with Gasteiger partial charge in [-0.05, 0) is 43.0 Å². The molecule has 2 aromatic rings. The van der Waals surface area contributed by atoms with E-state index in [0.717, 1.165) is 31.2 Å². The quantitative estimate of drug-likeness (QED) is 0.361. The molecule has 2 N–H and O–H groups in total. The number of imide groups is 1. The Morgan fingerprint density at radius 1 is 1.22 bits per heavy atom. The van der Waals surface area contributed by atoms with E-state index in [4.69, 9.17) is 9.26 Å². The third-order valence-electron chi connectivity index (χ3n) is 6.49. The van der Waals surface area contributed by atoms with Crippen LogP contribution in [0.5, 0.6) is 5.75 Å². The summed E-state index contributed by atoms with van der Waals surface area (Å²) in [6.07, 6.45) is 5.70. The maximum Gasteiger partial charge on any atom is 0.256 e. The topological polar surface area (TPSA) is 131 Å². The SMILES string of the molecule is CC(C)c1oncc1C(=O)NCCCCCCOc1ccc2c(c1)CN(C1CCC(=O)NC1=O)C2=O. The smallest absolute Gasteiger partial charge is 0.256 e. The monoisotopic (exact) mass is 496 g/mol. The van der Waals surface area contributed by atoms with Crippen LogP contribution < -0.4 is 15.4 Å². The van der Waals surface area contributed by atoms with Gasteiger partial charge in [-0.1, -0.05) is 31.8 Å². The van der Waals surface area contributed by atoms with E-state index in [2.05, 4.69) is 15.8 Å². The minimum Gasteiger partial charge on any atom is -0.494 e. The standard InChI is InChI=1S/C26H32N4O6/c1-16(2)23-20(14-28-36-23)24(32)27-11-5-3-4-6-12-35-18-7-8-19-17(13-18)15-30(26(19)34)21-9-10-22(31)29-25(21)33/h7-8,13-14,16,21H,3-6,9-12,15H2,1-2H3,(H,27,32)(H,29,31,33). The second kappa shape index (κ2) is 11.4. The molecular weight excluding hydrogens is 464 g/mol. The summed E-state index contributed by atoms with van der Waals surface area (Å²) in [5, 5.41) is 8.95. The lowest BCUT2D eigenvalue weighted by Crippen LogP contribution is -2.52. The maximum absolute atomic E-state index is 12.8. The number of fused-ring (bicyclic) bond motifs is 1. The summed E-state index contributed by atoms with van der Waals surface area (Å²) in [5.41, 5.74) is 1.89. The summed E-state index contributed by atoms with van der Waals surface area (Å²) >= 11 is 0. The fourth-order valence-electron chi connectivity index (χ4n) is 4.54. The number of unbranched alkanes of at least 4 members (excludes halogenated alkanes) is 3. The van der Waals surface area contributed by atoms with Crippen LogP contribution in [0.15, 0.2) is 28.9 Å². The Kier molecular flexibility index (Phi) is 8.02. The van der Waals surface area contributed by atoms with E-state index < -0.39 is 11.9 Å². The van der Waals surface area contributed by atoms with Crippen molar-refractivity contribution in [3.8, 4) is 5.75 Å². The number of hydrogen-bond donors (Lipinski definition) is 2. The zero-order valence-electron chi connectivity index (χ0n) is 20.7. The molecule has 1 unspecified atom stereocenters. The number of rotatable bonds is 11. The highest BCUT2D eigenvalue weighted by Crippen LogP contribution is 2.30. The van der Waals surface area contributed by atoms with Crippen LogP contribution in [0.2, 0.25) is 0 Å². The molecule has 0 aliphatic carbocycles. The van der Waals surface area contributed by atoms with Gasteiger partial charge in [0.1, 0.15) is 17.4 Å². The predicted molar refractivity (Wildman–Crippen MR) is 129 cm³/mol. The minimum atomic E-state index is -0.620. The highest BCUT2D eigenvalue weighted by molar-refractivity contribution is 6.05. The average molecular weight is 497 g/mol. The molecule has 2 aliphatic rings. The van der Waals surface area contributed by atoms with Crippen LogP contribution in [0.3, 0.4) is 0 Å². The summed E-state index contributed by atoms with van der Waals surface area (Å²) in [7, 11) is 0. The van der Waals surface area contributed by atoms with Crippen molar-refractivity contribution >= 4 is 23.6 Å². The molecule has 1 aromatic carbocycles. The fourth-order valence-corrected chi connectivity index (χ4v) is 4.54. The molecule has 1 atom stereocenters. The van der Waals surface area contributed by atoms with E-state index in [1.165, 1.54) is 11.1 Å². The number of carbonyl (C=O) groups excluding carboxylic acids is 4. The molecule has 192 valence electrons. The third kappa shape index (κ3) is 5.75. The maximum atomic E-state index is 12.8. The molecule has 1 saturated heterocycles. The van der Waals surface area contributed by atoms with Gasteiger partial charge in [0.2, 0.25) is 11.8 Å². The molecule has 10 heteroatoms.